The van der Waals surface area contributed by atoms with Gasteiger partial charge in [0.25, 0.3) is 5.91 Å². The van der Waals surface area contributed by atoms with E-state index >= 15 is 0 Å². The first kappa shape index (κ1) is 24.5. The van der Waals surface area contributed by atoms with Gasteiger partial charge in [0.2, 0.25) is 10.0 Å². The highest BCUT2D eigenvalue weighted by atomic mass is 32.2. The van der Waals surface area contributed by atoms with Crippen LogP contribution < -0.4 is 14.8 Å². The Balaban J connectivity index is 1.68. The lowest BCUT2D eigenvalue weighted by Gasteiger charge is -2.26. The van der Waals surface area contributed by atoms with Gasteiger partial charge >= 0.3 is 5.97 Å². The maximum atomic E-state index is 12.9. The summed E-state index contributed by atoms with van der Waals surface area (Å²) in [6.45, 7) is 2.21. The summed E-state index contributed by atoms with van der Waals surface area (Å²) in [6.07, 6.45) is 0. The number of hydrogen-bond donors (Lipinski definition) is 1. The number of carbonyl (C=O) groups is 2. The van der Waals surface area contributed by atoms with E-state index in [0.29, 0.717) is 36.0 Å². The van der Waals surface area contributed by atoms with Gasteiger partial charge in [-0.25, -0.2) is 13.2 Å². The summed E-state index contributed by atoms with van der Waals surface area (Å²) >= 11 is 0. The SMILES string of the molecule is COc1cc(NC(=O)COC(=O)c2cc(S(=O)(=O)N3CCOCC3)ccc2C)cc(OC)c1. The second-order valence-corrected chi connectivity index (χ2v) is 9.16. The van der Waals surface area contributed by atoms with Gasteiger partial charge in [0.1, 0.15) is 11.5 Å². The quantitative estimate of drug-likeness (QED) is 0.571. The van der Waals surface area contributed by atoms with Crippen molar-refractivity contribution in [2.45, 2.75) is 11.8 Å². The summed E-state index contributed by atoms with van der Waals surface area (Å²) < 4.78 is 47.7. The first-order valence-electron chi connectivity index (χ1n) is 10.1. The molecular formula is C22H26N2O8S. The van der Waals surface area contributed by atoms with Crippen LogP contribution in [0.2, 0.25) is 0 Å². The second kappa shape index (κ2) is 10.6. The van der Waals surface area contributed by atoms with Gasteiger partial charge in [-0.2, -0.15) is 4.31 Å². The molecule has 2 aromatic rings. The number of nitrogens with one attached hydrogen (secondary N) is 1. The van der Waals surface area contributed by atoms with E-state index in [1.54, 1.807) is 25.1 Å². The summed E-state index contributed by atoms with van der Waals surface area (Å²) in [5, 5.41) is 2.60. The lowest BCUT2D eigenvalue weighted by molar-refractivity contribution is -0.119. The highest BCUT2D eigenvalue weighted by molar-refractivity contribution is 7.89. The highest BCUT2D eigenvalue weighted by Gasteiger charge is 2.27. The average Bonchev–Trinajstić information content (AvgIpc) is 2.82. The van der Waals surface area contributed by atoms with Gasteiger partial charge in [0.15, 0.2) is 6.61 Å². The summed E-state index contributed by atoms with van der Waals surface area (Å²) in [7, 11) is -0.810. The van der Waals surface area contributed by atoms with Crippen LogP contribution in [0.25, 0.3) is 0 Å². The topological polar surface area (TPSA) is 120 Å². The Morgan fingerprint density at radius 1 is 1.03 bits per heavy atom. The molecule has 0 unspecified atom stereocenters. The predicted octanol–water partition coefficient (Wildman–Crippen LogP) is 1.83. The van der Waals surface area contributed by atoms with Crippen LogP contribution in [0.15, 0.2) is 41.3 Å². The zero-order valence-electron chi connectivity index (χ0n) is 18.6. The Bertz CT molecular complexity index is 1100. The van der Waals surface area contributed by atoms with Crippen molar-refractivity contribution < 1.29 is 37.0 Å². The molecule has 11 heteroatoms. The number of benzene rings is 2. The van der Waals surface area contributed by atoms with Crippen molar-refractivity contribution in [1.29, 1.82) is 0 Å². The molecule has 0 atom stereocenters. The molecule has 1 aliphatic heterocycles. The molecule has 1 amide bonds. The fourth-order valence-corrected chi connectivity index (χ4v) is 4.64. The van der Waals surface area contributed by atoms with Gasteiger partial charge in [0, 0.05) is 37.0 Å². The standard InChI is InChI=1S/C22H26N2O8S/c1-15-4-5-19(33(27,28)24-6-8-31-9-7-24)13-20(15)22(26)32-14-21(25)23-16-10-17(29-2)12-18(11-16)30-3/h4-5,10-13H,6-9,14H2,1-3H3,(H,23,25). The van der Waals surface area contributed by atoms with Gasteiger partial charge in [-0.3, -0.25) is 4.79 Å². The third-order valence-electron chi connectivity index (χ3n) is 5.01. The molecule has 1 aliphatic rings. The van der Waals surface area contributed by atoms with E-state index in [-0.39, 0.29) is 23.5 Å². The highest BCUT2D eigenvalue weighted by Crippen LogP contribution is 2.26. The van der Waals surface area contributed by atoms with Crippen molar-refractivity contribution >= 4 is 27.6 Å². The molecule has 178 valence electrons. The number of anilines is 1. The van der Waals surface area contributed by atoms with Gasteiger partial charge in [-0.05, 0) is 24.6 Å². The van der Waals surface area contributed by atoms with E-state index in [0.717, 1.165) is 0 Å². The maximum absolute atomic E-state index is 12.9. The number of amides is 1. The number of morpholine rings is 1. The van der Waals surface area contributed by atoms with Crippen LogP contribution in [0.4, 0.5) is 5.69 Å². The van der Waals surface area contributed by atoms with E-state index < -0.39 is 28.5 Å². The van der Waals surface area contributed by atoms with Gasteiger partial charge < -0.3 is 24.3 Å². The number of rotatable bonds is 8. The Morgan fingerprint density at radius 2 is 1.67 bits per heavy atom. The molecule has 0 spiro atoms. The van der Waals surface area contributed by atoms with E-state index in [2.05, 4.69) is 5.32 Å². The van der Waals surface area contributed by atoms with Crippen molar-refractivity contribution in [3.05, 3.63) is 47.5 Å². The number of esters is 1. The van der Waals surface area contributed by atoms with Crippen molar-refractivity contribution in [3.63, 3.8) is 0 Å². The predicted molar refractivity (Wildman–Crippen MR) is 119 cm³/mol. The van der Waals surface area contributed by atoms with Crippen LogP contribution in [0.3, 0.4) is 0 Å². The Kier molecular flexibility index (Phi) is 7.90. The average molecular weight is 479 g/mol. The Labute approximate surface area is 192 Å². The van der Waals surface area contributed by atoms with E-state index in [1.165, 1.54) is 36.7 Å². The smallest absolute Gasteiger partial charge is 0.338 e. The van der Waals surface area contributed by atoms with E-state index in [9.17, 15) is 18.0 Å². The molecule has 0 saturated carbocycles. The largest absolute Gasteiger partial charge is 0.497 e. The summed E-state index contributed by atoms with van der Waals surface area (Å²) in [5.74, 6) is -0.413. The third-order valence-corrected chi connectivity index (χ3v) is 6.90. The Hall–Kier alpha value is -3.15. The molecular weight excluding hydrogens is 452 g/mol. The first-order chi connectivity index (χ1) is 15.7. The summed E-state index contributed by atoms with van der Waals surface area (Å²) in [4.78, 5) is 24.9. The van der Waals surface area contributed by atoms with Crippen LogP contribution in [-0.2, 0) is 24.3 Å². The van der Waals surface area contributed by atoms with Gasteiger partial charge in [0.05, 0.1) is 37.9 Å². The maximum Gasteiger partial charge on any atom is 0.338 e. The molecule has 1 saturated heterocycles. The molecule has 3 rings (SSSR count). The minimum atomic E-state index is -3.78. The molecule has 2 aromatic carbocycles. The number of hydrogen-bond acceptors (Lipinski definition) is 8. The molecule has 1 fully saturated rings. The van der Waals surface area contributed by atoms with Crippen LogP contribution in [-0.4, -0.2) is 71.7 Å². The molecule has 1 N–H and O–H groups in total. The lowest BCUT2D eigenvalue weighted by Crippen LogP contribution is -2.40. The van der Waals surface area contributed by atoms with Crippen molar-refractivity contribution in [2.24, 2.45) is 0 Å². The van der Waals surface area contributed by atoms with Crippen LogP contribution in [0.5, 0.6) is 11.5 Å². The zero-order valence-corrected chi connectivity index (χ0v) is 19.4. The van der Waals surface area contributed by atoms with E-state index in [1.807, 2.05) is 0 Å². The minimum Gasteiger partial charge on any atom is -0.497 e. The number of sulfonamides is 1. The number of methoxy groups -OCH3 is 2. The Morgan fingerprint density at radius 3 is 2.27 bits per heavy atom. The van der Waals surface area contributed by atoms with E-state index in [4.69, 9.17) is 18.9 Å². The molecule has 33 heavy (non-hydrogen) atoms. The monoisotopic (exact) mass is 478 g/mol. The zero-order chi connectivity index (χ0) is 24.0. The molecule has 0 aromatic heterocycles. The van der Waals surface area contributed by atoms with Crippen LogP contribution >= 0.6 is 0 Å². The lowest BCUT2D eigenvalue weighted by atomic mass is 10.1. The van der Waals surface area contributed by atoms with Crippen LogP contribution in [0.1, 0.15) is 15.9 Å². The molecule has 10 nitrogen and oxygen atoms in total. The molecule has 0 radical (unpaired) electrons. The minimum absolute atomic E-state index is 0.0186. The number of ether oxygens (including phenoxy) is 4. The first-order valence-corrected chi connectivity index (χ1v) is 11.6. The second-order valence-electron chi connectivity index (χ2n) is 7.22. The number of aryl methyl sites for hydroxylation is 1. The van der Waals surface area contributed by atoms with Gasteiger partial charge in [-0.1, -0.05) is 6.07 Å². The van der Waals surface area contributed by atoms with Crippen molar-refractivity contribution in [3.8, 4) is 11.5 Å². The number of carbonyl (C=O) groups excluding carboxylic acids is 2. The summed E-state index contributed by atoms with van der Waals surface area (Å²) in [5.41, 5.74) is 1.00. The fourth-order valence-electron chi connectivity index (χ4n) is 3.20. The summed E-state index contributed by atoms with van der Waals surface area (Å²) in [6, 6.07) is 9.08. The molecule has 0 aliphatic carbocycles. The van der Waals surface area contributed by atoms with Crippen LogP contribution in [0, 0.1) is 6.92 Å². The van der Waals surface area contributed by atoms with Crippen molar-refractivity contribution in [1.82, 2.24) is 4.31 Å². The number of nitrogens with zero attached hydrogens (tertiary/aromatic N) is 1. The van der Waals surface area contributed by atoms with Gasteiger partial charge in [-0.15, -0.1) is 0 Å². The third kappa shape index (κ3) is 6.01. The normalized spacial score (nSPS) is 14.4. The van der Waals surface area contributed by atoms with Crippen molar-refractivity contribution in [2.75, 3.05) is 52.4 Å². The molecule has 0 bridgehead atoms. The molecule has 1 heterocycles. The fraction of sp³-hybridized carbons (Fsp3) is 0.364.